The van der Waals surface area contributed by atoms with Crippen LogP contribution < -0.4 is 20.5 Å². The predicted molar refractivity (Wildman–Crippen MR) is 113 cm³/mol. The summed E-state index contributed by atoms with van der Waals surface area (Å²) < 4.78 is 13.2. The van der Waals surface area contributed by atoms with Gasteiger partial charge < -0.3 is 30.2 Å². The number of benzene rings is 2. The van der Waals surface area contributed by atoms with Crippen molar-refractivity contribution in [2.75, 3.05) is 17.7 Å². The fourth-order valence-electron chi connectivity index (χ4n) is 3.09. The van der Waals surface area contributed by atoms with Gasteiger partial charge in [-0.15, -0.1) is 0 Å². The van der Waals surface area contributed by atoms with Gasteiger partial charge in [0.15, 0.2) is 17.5 Å². The van der Waals surface area contributed by atoms with Crippen molar-refractivity contribution in [3.05, 3.63) is 42.0 Å². The van der Waals surface area contributed by atoms with Gasteiger partial charge >= 0.3 is 5.97 Å². The van der Waals surface area contributed by atoms with E-state index < -0.39 is 12.0 Å². The molecule has 1 aromatic heterocycles. The zero-order valence-corrected chi connectivity index (χ0v) is 17.0. The maximum Gasteiger partial charge on any atom is 0.330 e. The second kappa shape index (κ2) is 8.30. The second-order valence-corrected chi connectivity index (χ2v) is 6.95. The Hall–Kier alpha value is -3.42. The third kappa shape index (κ3) is 4.37. The normalized spacial score (nSPS) is 12.2. The summed E-state index contributed by atoms with van der Waals surface area (Å²) in [4.78, 5) is 16.3. The highest BCUT2D eigenvalue weighted by molar-refractivity contribution is 5.84. The highest BCUT2D eigenvalue weighted by atomic mass is 16.5. The Morgan fingerprint density at radius 2 is 2.00 bits per heavy atom. The number of aromatic nitrogens is 2. The molecule has 154 valence electrons. The van der Waals surface area contributed by atoms with Crippen molar-refractivity contribution < 1.29 is 19.4 Å². The van der Waals surface area contributed by atoms with Crippen LogP contribution in [0, 0.1) is 0 Å². The van der Waals surface area contributed by atoms with E-state index >= 15 is 0 Å². The summed E-state index contributed by atoms with van der Waals surface area (Å²) in [7, 11) is 1.83. The molecule has 2 aromatic carbocycles. The second-order valence-electron chi connectivity index (χ2n) is 6.95. The van der Waals surface area contributed by atoms with Crippen molar-refractivity contribution in [3.63, 3.8) is 0 Å². The number of nitrogens with zero attached hydrogens (tertiary/aromatic N) is 2. The average Bonchev–Trinajstić information content (AvgIpc) is 2.94. The summed E-state index contributed by atoms with van der Waals surface area (Å²) in [6.45, 7) is 6.16. The van der Waals surface area contributed by atoms with E-state index in [9.17, 15) is 9.90 Å². The van der Waals surface area contributed by atoms with Crippen LogP contribution >= 0.6 is 0 Å². The van der Waals surface area contributed by atoms with Crippen LogP contribution in [0.15, 0.2) is 36.4 Å². The molecule has 0 fully saturated rings. The minimum Gasteiger partial charge on any atom is -0.490 e. The number of nitrogens with one attached hydrogen (secondary N) is 1. The first kappa shape index (κ1) is 20.3. The molecule has 8 nitrogen and oxygen atoms in total. The molecule has 0 spiro atoms. The number of rotatable bonds is 8. The Kier molecular flexibility index (Phi) is 5.81. The maximum absolute atomic E-state index is 12.0. The first-order valence-electron chi connectivity index (χ1n) is 9.44. The van der Waals surface area contributed by atoms with Crippen LogP contribution in [0.1, 0.15) is 32.4 Å². The summed E-state index contributed by atoms with van der Waals surface area (Å²) in [5.74, 6) is 0.486. The van der Waals surface area contributed by atoms with Crippen molar-refractivity contribution in [1.29, 1.82) is 0 Å². The van der Waals surface area contributed by atoms with E-state index in [-0.39, 0.29) is 6.10 Å². The van der Waals surface area contributed by atoms with E-state index in [0.717, 1.165) is 5.52 Å². The standard InChI is InChI=1S/C21H26N4O4/c1-5-28-18-10-13(6-9-17(18)29-12(2)3)19(20(26)27)23-14-7-8-16-15(11-14)24-21(22)25(16)4/h6-12,19,23H,5H2,1-4H3,(H2,22,24)(H,26,27). The third-order valence-electron chi connectivity index (χ3n) is 4.44. The number of carboxylic acids is 1. The highest BCUT2D eigenvalue weighted by Gasteiger charge is 2.22. The Bertz CT molecular complexity index is 1030. The number of fused-ring (bicyclic) bond motifs is 1. The van der Waals surface area contributed by atoms with E-state index in [2.05, 4.69) is 10.3 Å². The Balaban J connectivity index is 1.93. The number of nitrogen functional groups attached to an aromatic ring is 1. The van der Waals surface area contributed by atoms with Gasteiger partial charge in [0.2, 0.25) is 5.95 Å². The number of carbonyl (C=O) groups is 1. The van der Waals surface area contributed by atoms with Crippen LogP contribution in [0.25, 0.3) is 11.0 Å². The molecular weight excluding hydrogens is 372 g/mol. The van der Waals surface area contributed by atoms with Gasteiger partial charge in [-0.3, -0.25) is 0 Å². The summed E-state index contributed by atoms with van der Waals surface area (Å²) >= 11 is 0. The number of carboxylic acid groups (broad SMARTS) is 1. The molecular formula is C21H26N4O4. The van der Waals surface area contributed by atoms with Crippen molar-refractivity contribution in [1.82, 2.24) is 9.55 Å². The molecule has 0 saturated carbocycles. The lowest BCUT2D eigenvalue weighted by molar-refractivity contribution is -0.138. The zero-order valence-electron chi connectivity index (χ0n) is 17.0. The molecule has 8 heteroatoms. The molecule has 0 saturated heterocycles. The Morgan fingerprint density at radius 3 is 2.66 bits per heavy atom. The highest BCUT2D eigenvalue weighted by Crippen LogP contribution is 2.33. The zero-order chi connectivity index (χ0) is 21.1. The van der Waals surface area contributed by atoms with Gasteiger partial charge in [0.25, 0.3) is 0 Å². The van der Waals surface area contributed by atoms with Crippen molar-refractivity contribution in [3.8, 4) is 11.5 Å². The van der Waals surface area contributed by atoms with Crippen LogP contribution in [0.3, 0.4) is 0 Å². The van der Waals surface area contributed by atoms with Gasteiger partial charge in [-0.25, -0.2) is 9.78 Å². The number of aliphatic carboxylic acids is 1. The van der Waals surface area contributed by atoms with Gasteiger partial charge in [-0.05, 0) is 56.7 Å². The monoisotopic (exact) mass is 398 g/mol. The number of imidazole rings is 1. The van der Waals surface area contributed by atoms with E-state index in [1.165, 1.54) is 0 Å². The summed E-state index contributed by atoms with van der Waals surface area (Å²) in [6.07, 6.45) is -0.0222. The first-order valence-corrected chi connectivity index (χ1v) is 9.44. The summed E-state index contributed by atoms with van der Waals surface area (Å²) in [6, 6.07) is 9.63. The minimum absolute atomic E-state index is 0.0222. The molecule has 0 aliphatic carbocycles. The number of hydrogen-bond acceptors (Lipinski definition) is 6. The molecule has 0 amide bonds. The predicted octanol–water partition coefficient (Wildman–Crippen LogP) is 3.58. The summed E-state index contributed by atoms with van der Waals surface area (Å²) in [5.41, 5.74) is 8.59. The van der Waals surface area contributed by atoms with Gasteiger partial charge in [0.1, 0.15) is 0 Å². The first-order chi connectivity index (χ1) is 13.8. The van der Waals surface area contributed by atoms with Crippen LogP contribution in [-0.2, 0) is 11.8 Å². The number of ether oxygens (including phenoxy) is 2. The molecule has 0 aliphatic rings. The molecule has 3 aromatic rings. The molecule has 1 unspecified atom stereocenters. The van der Waals surface area contributed by atoms with E-state index in [1.54, 1.807) is 34.9 Å². The maximum atomic E-state index is 12.0. The van der Waals surface area contributed by atoms with Crippen molar-refractivity contribution >= 4 is 28.6 Å². The SMILES string of the molecule is CCOc1cc(C(Nc2ccc3c(c2)nc(N)n3C)C(=O)O)ccc1OC(C)C. The third-order valence-corrected chi connectivity index (χ3v) is 4.44. The molecule has 3 rings (SSSR count). The number of anilines is 2. The number of aryl methyl sites for hydroxylation is 1. The summed E-state index contributed by atoms with van der Waals surface area (Å²) in [5, 5.41) is 12.9. The lowest BCUT2D eigenvalue weighted by Gasteiger charge is -2.19. The van der Waals surface area contributed by atoms with Gasteiger partial charge in [0.05, 0.1) is 23.7 Å². The van der Waals surface area contributed by atoms with Crippen molar-refractivity contribution in [2.45, 2.75) is 32.9 Å². The smallest absolute Gasteiger partial charge is 0.330 e. The Morgan fingerprint density at radius 1 is 1.24 bits per heavy atom. The van der Waals surface area contributed by atoms with Gasteiger partial charge in [0, 0.05) is 12.7 Å². The molecule has 4 N–H and O–H groups in total. The van der Waals surface area contributed by atoms with E-state index in [0.29, 0.717) is 40.8 Å². The van der Waals surface area contributed by atoms with E-state index in [4.69, 9.17) is 15.2 Å². The van der Waals surface area contributed by atoms with Gasteiger partial charge in [-0.1, -0.05) is 6.07 Å². The molecule has 0 bridgehead atoms. The van der Waals surface area contributed by atoms with Crippen molar-refractivity contribution in [2.24, 2.45) is 7.05 Å². The topological polar surface area (TPSA) is 112 Å². The quantitative estimate of drug-likeness (QED) is 0.532. The number of hydrogen-bond donors (Lipinski definition) is 3. The molecule has 0 radical (unpaired) electrons. The lowest BCUT2D eigenvalue weighted by Crippen LogP contribution is -2.20. The number of nitrogens with two attached hydrogens (primary N) is 1. The molecule has 1 atom stereocenters. The molecule has 0 aliphatic heterocycles. The fraction of sp³-hybridized carbons (Fsp3) is 0.333. The van der Waals surface area contributed by atoms with E-state index in [1.807, 2.05) is 33.9 Å². The van der Waals surface area contributed by atoms with Gasteiger partial charge in [-0.2, -0.15) is 0 Å². The van der Waals surface area contributed by atoms with Crippen LogP contribution in [-0.4, -0.2) is 33.3 Å². The van der Waals surface area contributed by atoms with Crippen LogP contribution in [0.2, 0.25) is 0 Å². The minimum atomic E-state index is -1.01. The van der Waals surface area contributed by atoms with Crippen LogP contribution in [0.5, 0.6) is 11.5 Å². The average molecular weight is 398 g/mol. The molecule has 1 heterocycles. The fourth-order valence-corrected chi connectivity index (χ4v) is 3.09. The largest absolute Gasteiger partial charge is 0.490 e. The molecule has 29 heavy (non-hydrogen) atoms. The van der Waals surface area contributed by atoms with Crippen LogP contribution in [0.4, 0.5) is 11.6 Å². The lowest BCUT2D eigenvalue weighted by atomic mass is 10.1. The Labute approximate surface area is 169 Å².